The van der Waals surface area contributed by atoms with E-state index in [0.29, 0.717) is 0 Å². The van der Waals surface area contributed by atoms with Gasteiger partial charge in [-0.2, -0.15) is 0 Å². The summed E-state index contributed by atoms with van der Waals surface area (Å²) in [5.41, 5.74) is 0.829. The Morgan fingerprint density at radius 2 is 2.18 bits per heavy atom. The fourth-order valence-electron chi connectivity index (χ4n) is 2.90. The SMILES string of the molecule is CCC1(C)CN(c2nc(C)nc3ccc(OC)cc23)CCO1. The summed E-state index contributed by atoms with van der Waals surface area (Å²) in [6.07, 6.45) is 0.981. The first kappa shape index (κ1) is 15.0. The third-order valence-electron chi connectivity index (χ3n) is 4.38. The van der Waals surface area contributed by atoms with Crippen LogP contribution in [0.4, 0.5) is 5.82 Å². The van der Waals surface area contributed by atoms with E-state index in [0.717, 1.165) is 54.4 Å². The van der Waals surface area contributed by atoms with Gasteiger partial charge in [0.05, 0.1) is 24.8 Å². The predicted octanol–water partition coefficient (Wildman–Crippen LogP) is 2.95. The number of rotatable bonds is 3. The van der Waals surface area contributed by atoms with E-state index in [1.807, 2.05) is 25.1 Å². The Balaban J connectivity index is 2.08. The van der Waals surface area contributed by atoms with Crippen molar-refractivity contribution in [2.75, 3.05) is 31.7 Å². The Labute approximate surface area is 131 Å². The Bertz CT molecular complexity index is 689. The first-order valence-electron chi connectivity index (χ1n) is 7.76. The van der Waals surface area contributed by atoms with Crippen molar-refractivity contribution in [1.82, 2.24) is 9.97 Å². The van der Waals surface area contributed by atoms with Gasteiger partial charge in [-0.15, -0.1) is 0 Å². The van der Waals surface area contributed by atoms with Crippen LogP contribution in [0, 0.1) is 6.92 Å². The van der Waals surface area contributed by atoms with E-state index < -0.39 is 0 Å². The van der Waals surface area contributed by atoms with Gasteiger partial charge in [-0.05, 0) is 38.5 Å². The summed E-state index contributed by atoms with van der Waals surface area (Å²) < 4.78 is 11.3. The molecule has 3 rings (SSSR count). The summed E-state index contributed by atoms with van der Waals surface area (Å²) in [4.78, 5) is 11.6. The number of aromatic nitrogens is 2. The minimum Gasteiger partial charge on any atom is -0.497 e. The molecule has 0 amide bonds. The molecule has 0 saturated carbocycles. The zero-order valence-corrected chi connectivity index (χ0v) is 13.7. The van der Waals surface area contributed by atoms with Gasteiger partial charge in [0.15, 0.2) is 0 Å². The Hall–Kier alpha value is -1.88. The lowest BCUT2D eigenvalue weighted by Crippen LogP contribution is -2.50. The van der Waals surface area contributed by atoms with Crippen LogP contribution in [-0.4, -0.2) is 42.4 Å². The maximum absolute atomic E-state index is 5.94. The maximum atomic E-state index is 5.94. The molecule has 1 aromatic heterocycles. The molecular weight excluding hydrogens is 278 g/mol. The molecular formula is C17H23N3O2. The van der Waals surface area contributed by atoms with E-state index in [4.69, 9.17) is 14.5 Å². The van der Waals surface area contributed by atoms with Crippen LogP contribution in [0.2, 0.25) is 0 Å². The zero-order valence-electron chi connectivity index (χ0n) is 13.7. The summed E-state index contributed by atoms with van der Waals surface area (Å²) in [6.45, 7) is 8.67. The minimum absolute atomic E-state index is 0.123. The summed E-state index contributed by atoms with van der Waals surface area (Å²) in [7, 11) is 1.68. The van der Waals surface area contributed by atoms with Gasteiger partial charge in [-0.3, -0.25) is 0 Å². The number of ether oxygens (including phenoxy) is 2. The number of aryl methyl sites for hydroxylation is 1. The van der Waals surface area contributed by atoms with Crippen LogP contribution in [0.15, 0.2) is 18.2 Å². The molecule has 1 atom stereocenters. The largest absolute Gasteiger partial charge is 0.497 e. The third-order valence-corrected chi connectivity index (χ3v) is 4.38. The van der Waals surface area contributed by atoms with E-state index >= 15 is 0 Å². The molecule has 2 heterocycles. The summed E-state index contributed by atoms with van der Waals surface area (Å²) >= 11 is 0. The van der Waals surface area contributed by atoms with Crippen molar-refractivity contribution >= 4 is 16.7 Å². The van der Waals surface area contributed by atoms with E-state index in [2.05, 4.69) is 23.7 Å². The molecule has 0 spiro atoms. The monoisotopic (exact) mass is 301 g/mol. The van der Waals surface area contributed by atoms with E-state index in [-0.39, 0.29) is 5.60 Å². The van der Waals surface area contributed by atoms with Gasteiger partial charge in [0, 0.05) is 18.5 Å². The average Bonchev–Trinajstić information content (AvgIpc) is 2.53. The highest BCUT2D eigenvalue weighted by atomic mass is 16.5. The van der Waals surface area contributed by atoms with Crippen molar-refractivity contribution in [3.63, 3.8) is 0 Å². The lowest BCUT2D eigenvalue weighted by atomic mass is 10.0. The number of nitrogens with zero attached hydrogens (tertiary/aromatic N) is 3. The standard InChI is InChI=1S/C17H23N3O2/c1-5-17(3)11-20(8-9-22-17)16-14-10-13(21-4)6-7-15(14)18-12(2)19-16/h6-7,10H,5,8-9,11H2,1-4H3. The van der Waals surface area contributed by atoms with Crippen LogP contribution < -0.4 is 9.64 Å². The molecule has 5 heteroatoms. The number of benzene rings is 1. The molecule has 2 aromatic rings. The Kier molecular flexibility index (Phi) is 3.91. The molecule has 0 aliphatic carbocycles. The highest BCUT2D eigenvalue weighted by Gasteiger charge is 2.31. The van der Waals surface area contributed by atoms with Gasteiger partial charge in [-0.1, -0.05) is 6.92 Å². The summed E-state index contributed by atoms with van der Waals surface area (Å²) in [5.74, 6) is 2.59. The fourth-order valence-corrected chi connectivity index (χ4v) is 2.90. The van der Waals surface area contributed by atoms with Gasteiger partial charge in [-0.25, -0.2) is 9.97 Å². The van der Waals surface area contributed by atoms with Crippen molar-refractivity contribution in [2.45, 2.75) is 32.8 Å². The number of morpholine rings is 1. The van der Waals surface area contributed by atoms with Gasteiger partial charge >= 0.3 is 0 Å². The van der Waals surface area contributed by atoms with Crippen LogP contribution >= 0.6 is 0 Å². The smallest absolute Gasteiger partial charge is 0.140 e. The lowest BCUT2D eigenvalue weighted by Gasteiger charge is -2.41. The van der Waals surface area contributed by atoms with E-state index in [9.17, 15) is 0 Å². The van der Waals surface area contributed by atoms with E-state index in [1.165, 1.54) is 0 Å². The highest BCUT2D eigenvalue weighted by molar-refractivity contribution is 5.90. The van der Waals surface area contributed by atoms with Crippen molar-refractivity contribution in [3.05, 3.63) is 24.0 Å². The van der Waals surface area contributed by atoms with Crippen molar-refractivity contribution < 1.29 is 9.47 Å². The van der Waals surface area contributed by atoms with Crippen LogP contribution in [0.5, 0.6) is 5.75 Å². The first-order chi connectivity index (χ1) is 10.5. The third kappa shape index (κ3) is 2.73. The topological polar surface area (TPSA) is 47.5 Å². The first-order valence-corrected chi connectivity index (χ1v) is 7.76. The minimum atomic E-state index is -0.123. The lowest BCUT2D eigenvalue weighted by molar-refractivity contribution is -0.0442. The number of hydrogen-bond donors (Lipinski definition) is 0. The Morgan fingerprint density at radius 1 is 1.36 bits per heavy atom. The maximum Gasteiger partial charge on any atom is 0.140 e. The normalized spacial score (nSPS) is 22.1. The van der Waals surface area contributed by atoms with Gasteiger partial charge in [0.2, 0.25) is 0 Å². The van der Waals surface area contributed by atoms with Gasteiger partial charge < -0.3 is 14.4 Å². The average molecular weight is 301 g/mol. The fraction of sp³-hybridized carbons (Fsp3) is 0.529. The van der Waals surface area contributed by atoms with E-state index in [1.54, 1.807) is 7.11 Å². The predicted molar refractivity (Wildman–Crippen MR) is 87.7 cm³/mol. The summed E-state index contributed by atoms with van der Waals surface area (Å²) in [5, 5.41) is 1.03. The van der Waals surface area contributed by atoms with Crippen LogP contribution in [0.3, 0.4) is 0 Å². The second-order valence-corrected chi connectivity index (χ2v) is 6.05. The van der Waals surface area contributed by atoms with Crippen molar-refractivity contribution in [2.24, 2.45) is 0 Å². The highest BCUT2D eigenvalue weighted by Crippen LogP contribution is 2.31. The Morgan fingerprint density at radius 3 is 2.91 bits per heavy atom. The molecule has 1 aromatic carbocycles. The quantitative estimate of drug-likeness (QED) is 0.872. The van der Waals surface area contributed by atoms with Crippen LogP contribution in [0.1, 0.15) is 26.1 Å². The molecule has 118 valence electrons. The number of fused-ring (bicyclic) bond motifs is 1. The molecule has 1 aliphatic heterocycles. The molecule has 1 unspecified atom stereocenters. The van der Waals surface area contributed by atoms with Crippen LogP contribution in [0.25, 0.3) is 10.9 Å². The van der Waals surface area contributed by atoms with Gasteiger partial charge in [0.1, 0.15) is 17.4 Å². The molecule has 1 fully saturated rings. The molecule has 0 bridgehead atoms. The van der Waals surface area contributed by atoms with Gasteiger partial charge in [0.25, 0.3) is 0 Å². The van der Waals surface area contributed by atoms with Crippen LogP contribution in [-0.2, 0) is 4.74 Å². The summed E-state index contributed by atoms with van der Waals surface area (Å²) in [6, 6.07) is 5.95. The number of anilines is 1. The molecule has 22 heavy (non-hydrogen) atoms. The second kappa shape index (κ2) is 5.72. The molecule has 0 N–H and O–H groups in total. The molecule has 1 aliphatic rings. The molecule has 1 saturated heterocycles. The second-order valence-electron chi connectivity index (χ2n) is 6.05. The number of methoxy groups -OCH3 is 1. The number of hydrogen-bond acceptors (Lipinski definition) is 5. The van der Waals surface area contributed by atoms with Crippen molar-refractivity contribution in [3.8, 4) is 5.75 Å². The molecule has 5 nitrogen and oxygen atoms in total. The van der Waals surface area contributed by atoms with Crippen molar-refractivity contribution in [1.29, 1.82) is 0 Å². The molecule has 0 radical (unpaired) electrons. The zero-order chi connectivity index (χ0) is 15.7.